The molecule has 6 heteroatoms. The fourth-order valence-corrected chi connectivity index (χ4v) is 3.16. The van der Waals surface area contributed by atoms with Crippen LogP contribution < -0.4 is 10.2 Å². The van der Waals surface area contributed by atoms with Crippen LogP contribution in [-0.4, -0.2) is 17.5 Å². The molecule has 24 heavy (non-hydrogen) atoms. The highest BCUT2D eigenvalue weighted by Gasteiger charge is 2.13. The van der Waals surface area contributed by atoms with Crippen molar-refractivity contribution in [2.24, 2.45) is 0 Å². The summed E-state index contributed by atoms with van der Waals surface area (Å²) in [7, 11) is 0. The minimum Gasteiger partial charge on any atom is -0.504 e. The van der Waals surface area contributed by atoms with Gasteiger partial charge < -0.3 is 9.84 Å². The molecule has 2 aromatic rings. The van der Waals surface area contributed by atoms with Crippen LogP contribution in [0.3, 0.4) is 0 Å². The minimum absolute atomic E-state index is 0.0697. The van der Waals surface area contributed by atoms with Crippen molar-refractivity contribution < 1.29 is 14.6 Å². The summed E-state index contributed by atoms with van der Waals surface area (Å²) in [6, 6.07) is 10.1. The van der Waals surface area contributed by atoms with Gasteiger partial charge in [-0.15, -0.1) is 0 Å². The van der Waals surface area contributed by atoms with E-state index in [1.165, 1.54) is 18.2 Å². The Bertz CT molecular complexity index is 843. The average Bonchev–Trinajstić information content (AvgIpc) is 2.66. The van der Waals surface area contributed by atoms with Crippen LogP contribution in [-0.2, 0) is 0 Å². The van der Waals surface area contributed by atoms with Crippen molar-refractivity contribution in [2.45, 2.75) is 6.92 Å². The number of carbonyl (C=O) groups excluding carboxylic acids is 1. The summed E-state index contributed by atoms with van der Waals surface area (Å²) in [4.78, 5) is 24.2. The lowest BCUT2D eigenvalue weighted by Gasteiger charge is -2.02. The number of aromatic hydroxyl groups is 1. The molecule has 0 saturated carbocycles. The zero-order valence-corrected chi connectivity index (χ0v) is 15.9. The highest BCUT2D eigenvalue weighted by molar-refractivity contribution is 9.11. The molecule has 1 N–H and O–H groups in total. The molecule has 124 valence electrons. The minimum atomic E-state index is -0.640. The van der Waals surface area contributed by atoms with Gasteiger partial charge in [0, 0.05) is 4.47 Å². The molecule has 0 aliphatic heterocycles. The van der Waals surface area contributed by atoms with E-state index in [-0.39, 0.29) is 10.0 Å². The molecule has 0 aromatic heterocycles. The van der Waals surface area contributed by atoms with Gasteiger partial charge in [0.05, 0.1) is 16.6 Å². The molecule has 2 aromatic carbocycles. The molecule has 0 spiro atoms. The SMILES string of the molecule is CCOc1ccc(/C=C/C(=O)c2cc(Br)cc(Br)c(=O)c2O)cc1. The topological polar surface area (TPSA) is 63.6 Å². The third-order valence-electron chi connectivity index (χ3n) is 3.12. The molecular formula is C18H14Br2O4. The summed E-state index contributed by atoms with van der Waals surface area (Å²) in [5.41, 5.74) is 0.0903. The smallest absolute Gasteiger partial charge is 0.235 e. The number of rotatable bonds is 5. The van der Waals surface area contributed by atoms with E-state index in [0.717, 1.165) is 11.3 Å². The van der Waals surface area contributed by atoms with E-state index in [0.29, 0.717) is 11.1 Å². The Balaban J connectivity index is 2.30. The molecule has 0 unspecified atom stereocenters. The van der Waals surface area contributed by atoms with E-state index in [1.54, 1.807) is 18.2 Å². The number of halogens is 2. The lowest BCUT2D eigenvalue weighted by molar-refractivity contribution is 0.104. The summed E-state index contributed by atoms with van der Waals surface area (Å²) in [5, 5.41) is 9.99. The lowest BCUT2D eigenvalue weighted by atomic mass is 10.1. The van der Waals surface area contributed by atoms with E-state index in [2.05, 4.69) is 31.9 Å². The quantitative estimate of drug-likeness (QED) is 0.531. The Hall–Kier alpha value is -1.92. The molecule has 0 aliphatic carbocycles. The monoisotopic (exact) mass is 452 g/mol. The van der Waals surface area contributed by atoms with Crippen molar-refractivity contribution in [3.63, 3.8) is 0 Å². The zero-order chi connectivity index (χ0) is 17.7. The number of benzene rings is 1. The molecule has 0 amide bonds. The molecule has 0 fully saturated rings. The van der Waals surface area contributed by atoms with Gasteiger partial charge in [-0.25, -0.2) is 0 Å². The van der Waals surface area contributed by atoms with E-state index >= 15 is 0 Å². The van der Waals surface area contributed by atoms with Crippen LogP contribution in [0.15, 0.2) is 56.2 Å². The lowest BCUT2D eigenvalue weighted by Crippen LogP contribution is -2.03. The fourth-order valence-electron chi connectivity index (χ4n) is 1.96. The maximum atomic E-state index is 12.3. The molecular weight excluding hydrogens is 440 g/mol. The van der Waals surface area contributed by atoms with Crippen LogP contribution in [0.2, 0.25) is 0 Å². The maximum Gasteiger partial charge on any atom is 0.235 e. The van der Waals surface area contributed by atoms with Gasteiger partial charge in [0.15, 0.2) is 11.5 Å². The van der Waals surface area contributed by atoms with Crippen LogP contribution in [0.1, 0.15) is 22.8 Å². The van der Waals surface area contributed by atoms with Crippen LogP contribution in [0.25, 0.3) is 6.08 Å². The number of hydrogen-bond acceptors (Lipinski definition) is 4. The summed E-state index contributed by atoms with van der Waals surface area (Å²) in [5.74, 6) is -0.310. The van der Waals surface area contributed by atoms with Gasteiger partial charge in [-0.05, 0) is 58.8 Å². The largest absolute Gasteiger partial charge is 0.504 e. The van der Waals surface area contributed by atoms with Crippen molar-refractivity contribution >= 4 is 43.7 Å². The van der Waals surface area contributed by atoms with Gasteiger partial charge in [0.25, 0.3) is 0 Å². The molecule has 0 aliphatic rings. The van der Waals surface area contributed by atoms with E-state index in [4.69, 9.17) is 4.74 Å². The average molecular weight is 454 g/mol. The normalized spacial score (nSPS) is 10.8. The molecule has 0 atom stereocenters. The fraction of sp³-hybridized carbons (Fsp3) is 0.111. The van der Waals surface area contributed by atoms with Crippen molar-refractivity contribution in [1.82, 2.24) is 0 Å². The van der Waals surface area contributed by atoms with Gasteiger partial charge in [-0.3, -0.25) is 9.59 Å². The van der Waals surface area contributed by atoms with E-state index < -0.39 is 17.0 Å². The Kier molecular flexibility index (Phi) is 6.34. The first-order valence-corrected chi connectivity index (χ1v) is 8.68. The first-order chi connectivity index (χ1) is 11.4. The molecule has 0 bridgehead atoms. The van der Waals surface area contributed by atoms with Gasteiger partial charge in [0.1, 0.15) is 5.75 Å². The number of carbonyl (C=O) groups is 1. The Morgan fingerprint density at radius 2 is 1.88 bits per heavy atom. The molecule has 0 radical (unpaired) electrons. The third kappa shape index (κ3) is 4.55. The Morgan fingerprint density at radius 1 is 1.21 bits per heavy atom. The second kappa shape index (κ2) is 8.26. The molecule has 0 saturated heterocycles. The van der Waals surface area contributed by atoms with Gasteiger partial charge in [0.2, 0.25) is 5.43 Å². The Morgan fingerprint density at radius 3 is 2.50 bits per heavy atom. The summed E-state index contributed by atoms with van der Waals surface area (Å²) >= 11 is 6.29. The van der Waals surface area contributed by atoms with Crippen LogP contribution in [0, 0.1) is 0 Å². The maximum absolute atomic E-state index is 12.3. The molecule has 4 nitrogen and oxygen atoms in total. The summed E-state index contributed by atoms with van der Waals surface area (Å²) in [6.07, 6.45) is 2.92. The van der Waals surface area contributed by atoms with Crippen LogP contribution >= 0.6 is 31.9 Å². The number of hydrogen-bond donors (Lipinski definition) is 1. The van der Waals surface area contributed by atoms with Crippen molar-refractivity contribution in [3.8, 4) is 11.5 Å². The second-order valence-electron chi connectivity index (χ2n) is 4.81. The first kappa shape index (κ1) is 18.4. The number of ether oxygens (including phenoxy) is 1. The van der Waals surface area contributed by atoms with Crippen molar-refractivity contribution in [2.75, 3.05) is 6.61 Å². The van der Waals surface area contributed by atoms with Crippen molar-refractivity contribution in [1.29, 1.82) is 0 Å². The number of ketones is 1. The number of allylic oxidation sites excluding steroid dienone is 1. The third-order valence-corrected chi connectivity index (χ3v) is 4.16. The standard InChI is InChI=1S/C18H14Br2O4/c1-2-24-13-6-3-11(4-7-13)5-8-16(21)14-9-12(19)10-15(20)18(23)17(14)22/h3-10H,2H2,1H3,(H,22,23)/b8-5+. The highest BCUT2D eigenvalue weighted by Crippen LogP contribution is 2.22. The van der Waals surface area contributed by atoms with E-state index in [9.17, 15) is 14.7 Å². The highest BCUT2D eigenvalue weighted by atomic mass is 79.9. The predicted octanol–water partition coefficient (Wildman–Crippen LogP) is 4.57. The van der Waals surface area contributed by atoms with Crippen LogP contribution in [0.4, 0.5) is 0 Å². The molecule has 0 heterocycles. The van der Waals surface area contributed by atoms with E-state index in [1.807, 2.05) is 19.1 Å². The first-order valence-electron chi connectivity index (χ1n) is 7.10. The molecule has 2 rings (SSSR count). The second-order valence-corrected chi connectivity index (χ2v) is 6.58. The summed E-state index contributed by atoms with van der Waals surface area (Å²) in [6.45, 7) is 2.49. The van der Waals surface area contributed by atoms with Crippen molar-refractivity contribution in [3.05, 3.63) is 72.8 Å². The van der Waals surface area contributed by atoms with Gasteiger partial charge in [-0.2, -0.15) is 0 Å². The van der Waals surface area contributed by atoms with Gasteiger partial charge >= 0.3 is 0 Å². The zero-order valence-electron chi connectivity index (χ0n) is 12.8. The Labute approximate surface area is 156 Å². The van der Waals surface area contributed by atoms with Crippen LogP contribution in [0.5, 0.6) is 11.5 Å². The van der Waals surface area contributed by atoms with Gasteiger partial charge in [-0.1, -0.05) is 34.1 Å². The predicted molar refractivity (Wildman–Crippen MR) is 101 cm³/mol. The summed E-state index contributed by atoms with van der Waals surface area (Å²) < 4.78 is 6.02.